The predicted molar refractivity (Wildman–Crippen MR) is 44.2 cm³/mol. The van der Waals surface area contributed by atoms with Gasteiger partial charge in [-0.05, 0) is 14.0 Å². The predicted octanol–water partition coefficient (Wildman–Crippen LogP) is -0.424. The van der Waals surface area contributed by atoms with Crippen molar-refractivity contribution >= 4 is 5.91 Å². The molecule has 1 saturated heterocycles. The number of nitrogens with one attached hydrogen (secondary N) is 1. The number of hydrogen-bond acceptors (Lipinski definition) is 3. The number of likely N-dealkylation sites (tertiary alicyclic amines) is 1. The molecule has 1 unspecified atom stereocenters. The van der Waals surface area contributed by atoms with E-state index in [2.05, 4.69) is 11.4 Å². The molecule has 0 aromatic carbocycles. The van der Waals surface area contributed by atoms with Crippen molar-refractivity contribution in [1.29, 1.82) is 5.26 Å². The van der Waals surface area contributed by atoms with Crippen LogP contribution in [0.4, 0.5) is 0 Å². The molecular formula is C8H13N3O. The van der Waals surface area contributed by atoms with Gasteiger partial charge in [-0.1, -0.05) is 0 Å². The Morgan fingerprint density at radius 1 is 1.75 bits per heavy atom. The summed E-state index contributed by atoms with van der Waals surface area (Å²) in [5.74, 6) is 0.141. The van der Waals surface area contributed by atoms with Crippen molar-refractivity contribution in [2.45, 2.75) is 13.0 Å². The maximum absolute atomic E-state index is 11.4. The van der Waals surface area contributed by atoms with Crippen LogP contribution in [0.15, 0.2) is 0 Å². The Morgan fingerprint density at radius 3 is 2.75 bits per heavy atom. The van der Waals surface area contributed by atoms with E-state index in [0.29, 0.717) is 13.1 Å². The van der Waals surface area contributed by atoms with Crippen LogP contribution in [0.1, 0.15) is 6.92 Å². The van der Waals surface area contributed by atoms with Crippen molar-refractivity contribution in [2.75, 3.05) is 20.1 Å². The van der Waals surface area contributed by atoms with Gasteiger partial charge < -0.3 is 10.2 Å². The molecule has 1 rings (SSSR count). The second kappa shape index (κ2) is 3.55. The Kier molecular flexibility index (Phi) is 2.66. The summed E-state index contributed by atoms with van der Waals surface area (Å²) in [4.78, 5) is 13.1. The van der Waals surface area contributed by atoms with Gasteiger partial charge in [-0.3, -0.25) is 4.79 Å². The highest BCUT2D eigenvalue weighted by molar-refractivity contribution is 5.82. The molecule has 1 aliphatic heterocycles. The topological polar surface area (TPSA) is 56.1 Å². The number of rotatable bonds is 2. The van der Waals surface area contributed by atoms with E-state index in [4.69, 9.17) is 5.26 Å². The van der Waals surface area contributed by atoms with Crippen molar-refractivity contribution in [3.05, 3.63) is 0 Å². The van der Waals surface area contributed by atoms with Crippen LogP contribution in [-0.2, 0) is 4.79 Å². The lowest BCUT2D eigenvalue weighted by atomic mass is 10.0. The lowest BCUT2D eigenvalue weighted by Gasteiger charge is -2.36. The third kappa shape index (κ3) is 1.56. The number of carbonyl (C=O) groups is 1. The fraction of sp³-hybridized carbons (Fsp3) is 0.750. The molecule has 0 bridgehead atoms. The van der Waals surface area contributed by atoms with Gasteiger partial charge in [0.25, 0.3) is 0 Å². The van der Waals surface area contributed by atoms with E-state index in [1.54, 1.807) is 11.9 Å². The molecule has 0 radical (unpaired) electrons. The molecule has 4 nitrogen and oxygen atoms in total. The van der Waals surface area contributed by atoms with Crippen LogP contribution < -0.4 is 5.32 Å². The first-order chi connectivity index (χ1) is 5.69. The summed E-state index contributed by atoms with van der Waals surface area (Å²) >= 11 is 0. The molecule has 1 aliphatic rings. The van der Waals surface area contributed by atoms with Gasteiger partial charge in [0.1, 0.15) is 0 Å². The Morgan fingerprint density at radius 2 is 2.33 bits per heavy atom. The zero-order chi connectivity index (χ0) is 9.14. The van der Waals surface area contributed by atoms with Crippen LogP contribution in [0.5, 0.6) is 0 Å². The third-order valence-electron chi connectivity index (χ3n) is 2.18. The first-order valence-electron chi connectivity index (χ1n) is 4.04. The zero-order valence-corrected chi connectivity index (χ0v) is 7.37. The lowest BCUT2D eigenvalue weighted by Crippen LogP contribution is -2.54. The summed E-state index contributed by atoms with van der Waals surface area (Å²) < 4.78 is 0. The molecule has 0 aromatic rings. The van der Waals surface area contributed by atoms with Crippen molar-refractivity contribution in [2.24, 2.45) is 5.92 Å². The molecular weight excluding hydrogens is 154 g/mol. The third-order valence-corrected chi connectivity index (χ3v) is 2.18. The quantitative estimate of drug-likeness (QED) is 0.607. The molecule has 1 atom stereocenters. The number of carbonyl (C=O) groups excluding carboxylic acids is 1. The van der Waals surface area contributed by atoms with Crippen LogP contribution in [-0.4, -0.2) is 37.0 Å². The van der Waals surface area contributed by atoms with E-state index in [-0.39, 0.29) is 17.9 Å². The first-order valence-corrected chi connectivity index (χ1v) is 4.04. The maximum atomic E-state index is 11.4. The Hall–Kier alpha value is -1.08. The van der Waals surface area contributed by atoms with Gasteiger partial charge in [0.2, 0.25) is 5.91 Å². The molecule has 0 saturated carbocycles. The highest BCUT2D eigenvalue weighted by atomic mass is 16.2. The fourth-order valence-electron chi connectivity index (χ4n) is 1.14. The number of amides is 1. The van der Waals surface area contributed by atoms with Crippen LogP contribution in [0.3, 0.4) is 0 Å². The van der Waals surface area contributed by atoms with Gasteiger partial charge in [0.15, 0.2) is 0 Å². The van der Waals surface area contributed by atoms with Crippen LogP contribution in [0.2, 0.25) is 0 Å². The summed E-state index contributed by atoms with van der Waals surface area (Å²) in [6, 6.07) is 1.99. The highest BCUT2D eigenvalue weighted by Crippen LogP contribution is 2.14. The largest absolute Gasteiger partial charge is 0.339 e. The van der Waals surface area contributed by atoms with Crippen molar-refractivity contribution in [3.63, 3.8) is 0 Å². The first kappa shape index (κ1) is 9.01. The van der Waals surface area contributed by atoms with Crippen molar-refractivity contribution in [1.82, 2.24) is 10.2 Å². The van der Waals surface area contributed by atoms with Crippen LogP contribution in [0, 0.1) is 17.2 Å². The molecule has 0 spiro atoms. The number of nitrogens with zero attached hydrogens (tertiary/aromatic N) is 2. The summed E-state index contributed by atoms with van der Waals surface area (Å²) in [5, 5.41) is 11.4. The van der Waals surface area contributed by atoms with Crippen molar-refractivity contribution < 1.29 is 4.79 Å². The van der Waals surface area contributed by atoms with Crippen LogP contribution >= 0.6 is 0 Å². The highest BCUT2D eigenvalue weighted by Gasteiger charge is 2.32. The van der Waals surface area contributed by atoms with E-state index in [1.165, 1.54) is 0 Å². The molecule has 0 aliphatic carbocycles. The molecule has 66 valence electrons. The number of hydrogen-bond donors (Lipinski definition) is 1. The monoisotopic (exact) mass is 167 g/mol. The normalized spacial score (nSPS) is 19.6. The van der Waals surface area contributed by atoms with Gasteiger partial charge in [0, 0.05) is 13.1 Å². The van der Waals surface area contributed by atoms with E-state index >= 15 is 0 Å². The smallest absolute Gasteiger partial charge is 0.239 e. The van der Waals surface area contributed by atoms with Gasteiger partial charge in [0.05, 0.1) is 18.0 Å². The average Bonchev–Trinajstić information content (AvgIpc) is 2.01. The molecule has 1 amide bonds. The van der Waals surface area contributed by atoms with Gasteiger partial charge >= 0.3 is 0 Å². The summed E-state index contributed by atoms with van der Waals surface area (Å²) in [5.41, 5.74) is 0. The van der Waals surface area contributed by atoms with E-state index in [9.17, 15) is 4.79 Å². The average molecular weight is 167 g/mol. The van der Waals surface area contributed by atoms with Crippen molar-refractivity contribution in [3.8, 4) is 6.07 Å². The second-order valence-corrected chi connectivity index (χ2v) is 3.08. The molecule has 0 aromatic heterocycles. The zero-order valence-electron chi connectivity index (χ0n) is 7.37. The second-order valence-electron chi connectivity index (χ2n) is 3.08. The van der Waals surface area contributed by atoms with Crippen LogP contribution in [0.25, 0.3) is 0 Å². The van der Waals surface area contributed by atoms with Gasteiger partial charge in [-0.15, -0.1) is 0 Å². The minimum absolute atomic E-state index is 0.0537. The van der Waals surface area contributed by atoms with Gasteiger partial charge in [-0.25, -0.2) is 0 Å². The van der Waals surface area contributed by atoms with E-state index < -0.39 is 0 Å². The van der Waals surface area contributed by atoms with E-state index in [1.807, 2.05) is 6.92 Å². The Bertz CT molecular complexity index is 215. The minimum atomic E-state index is -0.135. The number of nitriles is 1. The fourth-order valence-corrected chi connectivity index (χ4v) is 1.14. The molecule has 4 heteroatoms. The Balaban J connectivity index is 2.34. The maximum Gasteiger partial charge on any atom is 0.239 e. The SMILES string of the molecule is CNC(C)C(=O)N1CC(C#N)C1. The number of likely N-dealkylation sites (N-methyl/N-ethyl adjacent to an activating group) is 1. The molecule has 1 N–H and O–H groups in total. The Labute approximate surface area is 72.2 Å². The summed E-state index contributed by atoms with van der Waals surface area (Å²) in [7, 11) is 1.75. The summed E-state index contributed by atoms with van der Waals surface area (Å²) in [6.07, 6.45) is 0. The minimum Gasteiger partial charge on any atom is -0.339 e. The summed E-state index contributed by atoms with van der Waals surface area (Å²) in [6.45, 7) is 3.02. The molecule has 1 fully saturated rings. The lowest BCUT2D eigenvalue weighted by molar-refractivity contribution is -0.137. The van der Waals surface area contributed by atoms with Gasteiger partial charge in [-0.2, -0.15) is 5.26 Å². The van der Waals surface area contributed by atoms with E-state index in [0.717, 1.165) is 0 Å². The molecule has 1 heterocycles. The standard InChI is InChI=1S/C8H13N3O/c1-6(10-2)8(12)11-4-7(3-9)5-11/h6-7,10H,4-5H2,1-2H3. The molecule has 12 heavy (non-hydrogen) atoms.